The van der Waals surface area contributed by atoms with Crippen LogP contribution in [-0.2, 0) is 4.79 Å². The summed E-state index contributed by atoms with van der Waals surface area (Å²) in [5, 5.41) is 0. The Hall–Kier alpha value is -0.370. The minimum Gasteiger partial charge on any atom is -0.330 e. The monoisotopic (exact) mass is 173 g/mol. The minimum atomic E-state index is 0.240. The van der Waals surface area contributed by atoms with E-state index in [9.17, 15) is 4.79 Å². The van der Waals surface area contributed by atoms with Gasteiger partial charge in [0, 0.05) is 6.42 Å². The van der Waals surface area contributed by atoms with Gasteiger partial charge in [-0.05, 0) is 25.3 Å². The van der Waals surface area contributed by atoms with Gasteiger partial charge < -0.3 is 10.5 Å². The summed E-state index contributed by atoms with van der Waals surface area (Å²) in [5.41, 5.74) is 5.47. The molecule has 74 valence electrons. The Bertz CT molecular complexity index is 110. The molecule has 0 aromatic carbocycles. The molecule has 0 aromatic rings. The maximum Gasteiger partial charge on any atom is 0.130 e. The van der Waals surface area contributed by atoms with Gasteiger partial charge in [-0.2, -0.15) is 0 Å². The third-order valence-corrected chi connectivity index (χ3v) is 1.80. The molecule has 0 fully saturated rings. The Morgan fingerprint density at radius 1 is 1.33 bits per heavy atom. The molecule has 0 aliphatic rings. The number of ketones is 1. The Labute approximate surface area is 76.5 Å². The highest BCUT2D eigenvalue weighted by atomic mass is 16.1. The molecular weight excluding hydrogens is 150 g/mol. The van der Waals surface area contributed by atoms with Crippen LogP contribution in [-0.4, -0.2) is 12.3 Å². The van der Waals surface area contributed by atoms with Crippen molar-refractivity contribution in [2.24, 2.45) is 17.6 Å². The third kappa shape index (κ3) is 7.73. The molecule has 0 spiro atoms. The van der Waals surface area contributed by atoms with Gasteiger partial charge in [0.2, 0.25) is 0 Å². The first-order valence-corrected chi connectivity index (χ1v) is 4.77. The van der Waals surface area contributed by atoms with E-state index in [0.717, 1.165) is 0 Å². The lowest BCUT2D eigenvalue weighted by atomic mass is 9.91. The second kappa shape index (κ2) is 8.72. The van der Waals surface area contributed by atoms with Crippen molar-refractivity contribution in [1.82, 2.24) is 0 Å². The summed E-state index contributed by atoms with van der Waals surface area (Å²) in [6, 6.07) is 0. The summed E-state index contributed by atoms with van der Waals surface area (Å²) in [6.45, 7) is 10.4. The van der Waals surface area contributed by atoms with Gasteiger partial charge in [-0.15, -0.1) is 0 Å². The van der Waals surface area contributed by atoms with E-state index in [4.69, 9.17) is 5.73 Å². The fraction of sp³-hybridized carbons (Fsp3) is 0.900. The molecule has 0 bridgehead atoms. The molecule has 2 nitrogen and oxygen atoms in total. The zero-order valence-corrected chi connectivity index (χ0v) is 9.05. The Balaban J connectivity index is 0. The number of hydrogen-bond acceptors (Lipinski definition) is 2. The quantitative estimate of drug-likeness (QED) is 0.708. The van der Waals surface area contributed by atoms with Crippen molar-refractivity contribution in [2.45, 2.75) is 41.0 Å². The van der Waals surface area contributed by atoms with Crippen molar-refractivity contribution in [1.29, 1.82) is 0 Å². The Morgan fingerprint density at radius 2 is 1.75 bits per heavy atom. The normalized spacial score (nSPS) is 11.9. The maximum absolute atomic E-state index is 10.7. The first-order valence-electron chi connectivity index (χ1n) is 4.77. The fourth-order valence-corrected chi connectivity index (χ4v) is 0.960. The van der Waals surface area contributed by atoms with Crippen LogP contribution in [0.5, 0.6) is 0 Å². The Kier molecular flexibility index (Phi) is 10.3. The lowest BCUT2D eigenvalue weighted by Gasteiger charge is -2.16. The van der Waals surface area contributed by atoms with Gasteiger partial charge in [0.25, 0.3) is 0 Å². The molecule has 0 rings (SSSR count). The molecule has 0 radical (unpaired) electrons. The number of Topliss-reactive ketones (excluding diaryl/α,β-unsaturated/α-hetero) is 1. The smallest absolute Gasteiger partial charge is 0.130 e. The second-order valence-corrected chi connectivity index (χ2v) is 3.15. The number of hydrogen-bond donors (Lipinski definition) is 1. The average Bonchev–Trinajstić information content (AvgIpc) is 2.03. The highest BCUT2D eigenvalue weighted by molar-refractivity contribution is 5.75. The number of rotatable bonds is 4. The van der Waals surface area contributed by atoms with Crippen molar-refractivity contribution in [3.8, 4) is 0 Å². The van der Waals surface area contributed by atoms with Gasteiger partial charge in [0.15, 0.2) is 0 Å². The average molecular weight is 173 g/mol. The van der Waals surface area contributed by atoms with Crippen LogP contribution in [0.15, 0.2) is 0 Å². The van der Waals surface area contributed by atoms with E-state index in [-0.39, 0.29) is 5.78 Å². The van der Waals surface area contributed by atoms with Crippen molar-refractivity contribution < 1.29 is 4.79 Å². The van der Waals surface area contributed by atoms with Crippen LogP contribution in [0.4, 0.5) is 0 Å². The molecule has 1 atom stereocenters. The summed E-state index contributed by atoms with van der Waals surface area (Å²) in [6.07, 6.45) is 0.633. The van der Waals surface area contributed by atoms with E-state index >= 15 is 0 Å². The molecule has 0 heterocycles. The van der Waals surface area contributed by atoms with Gasteiger partial charge in [0.05, 0.1) is 0 Å². The lowest BCUT2D eigenvalue weighted by Crippen LogP contribution is -2.21. The Morgan fingerprint density at radius 3 is 1.83 bits per heavy atom. The summed E-state index contributed by atoms with van der Waals surface area (Å²) < 4.78 is 0. The topological polar surface area (TPSA) is 43.1 Å². The number of carbonyl (C=O) groups is 1. The standard InChI is InChI=1S/C8H17NO.C2H6/c1-6(2)8(5-9)4-7(3)10;1-2/h6,8H,4-5,9H2,1-3H3;1-2H3. The lowest BCUT2D eigenvalue weighted by molar-refractivity contribution is -0.118. The van der Waals surface area contributed by atoms with Gasteiger partial charge in [-0.1, -0.05) is 27.7 Å². The van der Waals surface area contributed by atoms with Crippen LogP contribution in [0.1, 0.15) is 41.0 Å². The zero-order chi connectivity index (χ0) is 10.1. The van der Waals surface area contributed by atoms with E-state index in [2.05, 4.69) is 13.8 Å². The summed E-state index contributed by atoms with van der Waals surface area (Å²) in [4.78, 5) is 10.7. The molecule has 12 heavy (non-hydrogen) atoms. The largest absolute Gasteiger partial charge is 0.330 e. The van der Waals surface area contributed by atoms with Crippen LogP contribution in [0.25, 0.3) is 0 Å². The van der Waals surface area contributed by atoms with E-state index in [1.54, 1.807) is 6.92 Å². The zero-order valence-electron chi connectivity index (χ0n) is 9.05. The van der Waals surface area contributed by atoms with Gasteiger partial charge in [-0.3, -0.25) is 0 Å². The molecule has 0 saturated carbocycles. The van der Waals surface area contributed by atoms with Crippen molar-refractivity contribution >= 4 is 5.78 Å². The summed E-state index contributed by atoms with van der Waals surface area (Å²) in [7, 11) is 0. The van der Waals surface area contributed by atoms with E-state index in [0.29, 0.717) is 24.8 Å². The highest BCUT2D eigenvalue weighted by Crippen LogP contribution is 2.13. The maximum atomic E-state index is 10.7. The molecule has 1 unspecified atom stereocenters. The molecule has 0 saturated heterocycles. The van der Waals surface area contributed by atoms with E-state index < -0.39 is 0 Å². The molecule has 0 aliphatic heterocycles. The van der Waals surface area contributed by atoms with Crippen molar-refractivity contribution in [3.63, 3.8) is 0 Å². The van der Waals surface area contributed by atoms with Crippen LogP contribution in [0.3, 0.4) is 0 Å². The molecule has 0 aromatic heterocycles. The van der Waals surface area contributed by atoms with E-state index in [1.807, 2.05) is 13.8 Å². The van der Waals surface area contributed by atoms with Crippen LogP contribution >= 0.6 is 0 Å². The van der Waals surface area contributed by atoms with Gasteiger partial charge in [-0.25, -0.2) is 0 Å². The van der Waals surface area contributed by atoms with Gasteiger partial charge >= 0.3 is 0 Å². The molecule has 2 heteroatoms. The van der Waals surface area contributed by atoms with Crippen LogP contribution in [0, 0.1) is 11.8 Å². The molecule has 0 aliphatic carbocycles. The number of carbonyl (C=O) groups excluding carboxylic acids is 1. The first kappa shape index (κ1) is 14.2. The highest BCUT2D eigenvalue weighted by Gasteiger charge is 2.12. The predicted octanol–water partition coefficient (Wildman–Crippen LogP) is 2.22. The van der Waals surface area contributed by atoms with Gasteiger partial charge in [0.1, 0.15) is 5.78 Å². The number of nitrogens with two attached hydrogens (primary N) is 1. The van der Waals surface area contributed by atoms with Crippen molar-refractivity contribution in [3.05, 3.63) is 0 Å². The third-order valence-electron chi connectivity index (χ3n) is 1.80. The predicted molar refractivity (Wildman–Crippen MR) is 54.0 cm³/mol. The van der Waals surface area contributed by atoms with E-state index in [1.165, 1.54) is 0 Å². The van der Waals surface area contributed by atoms with Crippen molar-refractivity contribution in [2.75, 3.05) is 6.54 Å². The SMILES string of the molecule is CC.CC(=O)CC(CN)C(C)C. The van der Waals surface area contributed by atoms with Crippen LogP contribution < -0.4 is 5.73 Å². The first-order chi connectivity index (χ1) is 5.57. The fourth-order valence-electron chi connectivity index (χ4n) is 0.960. The minimum absolute atomic E-state index is 0.240. The van der Waals surface area contributed by atoms with Crippen LogP contribution in [0.2, 0.25) is 0 Å². The molecule has 0 amide bonds. The summed E-state index contributed by atoms with van der Waals surface area (Å²) >= 11 is 0. The molecule has 2 N–H and O–H groups in total. The second-order valence-electron chi connectivity index (χ2n) is 3.15. The molecular formula is C10H23NO. The summed E-state index contributed by atoms with van der Waals surface area (Å²) in [5.74, 6) is 1.13.